The average Bonchev–Trinajstić information content (AvgIpc) is 2.48. The van der Waals surface area contributed by atoms with Crippen LogP contribution < -0.4 is 10.6 Å². The van der Waals surface area contributed by atoms with E-state index in [0.29, 0.717) is 0 Å². The quantitative estimate of drug-likeness (QED) is 0.285. The van der Waals surface area contributed by atoms with Gasteiger partial charge in [-0.05, 0) is 0 Å². The van der Waals surface area contributed by atoms with Gasteiger partial charge in [0.05, 0.1) is 10.6 Å². The van der Waals surface area contributed by atoms with Crippen LogP contribution in [-0.4, -0.2) is 24.2 Å². The molecule has 4 nitrogen and oxygen atoms in total. The Morgan fingerprint density at radius 1 is 1.00 bits per heavy atom. The van der Waals surface area contributed by atoms with E-state index in [-0.39, 0.29) is 18.3 Å². The summed E-state index contributed by atoms with van der Waals surface area (Å²) in [6.45, 7) is 3.39. The largest absolute Gasteiger partial charge is 0.334 e. The lowest BCUT2D eigenvalue weighted by Gasteiger charge is -2.08. The normalized spacial score (nSPS) is 10.2. The Balaban J connectivity index is 2.75. The van der Waals surface area contributed by atoms with Crippen LogP contribution in [0.3, 0.4) is 0 Å². The van der Waals surface area contributed by atoms with Crippen molar-refractivity contribution in [3.63, 3.8) is 0 Å². The van der Waals surface area contributed by atoms with Crippen molar-refractivity contribution in [2.75, 3.05) is 12.3 Å². The third-order valence-corrected chi connectivity index (χ3v) is 3.23. The molecular weight excluding hydrogens is 331 g/mol. The maximum absolute atomic E-state index is 13.3. The molecular formula is C12H9F5N2O2S. The van der Waals surface area contributed by atoms with Crippen LogP contribution in [0, 0.1) is 29.1 Å². The minimum Gasteiger partial charge on any atom is -0.334 e. The Bertz CT molecular complexity index is 595. The van der Waals surface area contributed by atoms with E-state index in [1.165, 1.54) is 6.08 Å². The lowest BCUT2D eigenvalue weighted by molar-refractivity contribution is -0.117. The summed E-state index contributed by atoms with van der Waals surface area (Å²) < 4.78 is 65.3. The molecule has 1 aromatic rings. The molecule has 10 heteroatoms. The summed E-state index contributed by atoms with van der Waals surface area (Å²) in [5.41, 5.74) is 0. The third-order valence-electron chi connectivity index (χ3n) is 2.18. The Morgan fingerprint density at radius 3 is 2.00 bits per heavy atom. The number of imide groups is 1. The summed E-state index contributed by atoms with van der Waals surface area (Å²) in [4.78, 5) is 21.2. The van der Waals surface area contributed by atoms with Gasteiger partial charge < -0.3 is 5.32 Å². The molecule has 0 saturated carbocycles. The van der Waals surface area contributed by atoms with Gasteiger partial charge in [0.15, 0.2) is 23.3 Å². The summed E-state index contributed by atoms with van der Waals surface area (Å²) >= 11 is 0.0758. The first-order chi connectivity index (χ1) is 10.3. The van der Waals surface area contributed by atoms with Gasteiger partial charge in [0.2, 0.25) is 11.7 Å². The fourth-order valence-electron chi connectivity index (χ4n) is 1.22. The highest BCUT2D eigenvalue weighted by atomic mass is 32.2. The number of carbonyl (C=O) groups is 2. The Labute approximate surface area is 125 Å². The molecule has 0 aromatic heterocycles. The van der Waals surface area contributed by atoms with Crippen molar-refractivity contribution in [2.45, 2.75) is 4.90 Å². The molecule has 0 bridgehead atoms. The number of carbonyl (C=O) groups excluding carboxylic acids is 2. The fraction of sp³-hybridized carbons (Fsp3) is 0.167. The standard InChI is InChI=1S/C12H9F5N2O2S/c1-2-3-18-12(21)19-5(20)4-22-11-9(16)7(14)6(13)8(15)10(11)17/h2H,1,3-4H2,(H2,18,19,20,21). The molecule has 0 saturated heterocycles. The van der Waals surface area contributed by atoms with Gasteiger partial charge in [-0.1, -0.05) is 6.08 Å². The Hall–Kier alpha value is -2.10. The number of benzene rings is 1. The van der Waals surface area contributed by atoms with E-state index in [9.17, 15) is 31.5 Å². The maximum atomic E-state index is 13.3. The van der Waals surface area contributed by atoms with Crippen LogP contribution in [0.15, 0.2) is 17.6 Å². The van der Waals surface area contributed by atoms with Crippen LogP contribution in [0.4, 0.5) is 26.7 Å². The average molecular weight is 340 g/mol. The molecule has 2 N–H and O–H groups in total. The van der Waals surface area contributed by atoms with Gasteiger partial charge in [0.25, 0.3) is 0 Å². The van der Waals surface area contributed by atoms with E-state index in [4.69, 9.17) is 0 Å². The van der Waals surface area contributed by atoms with Crippen molar-refractivity contribution in [1.29, 1.82) is 0 Å². The van der Waals surface area contributed by atoms with Crippen LogP contribution in [0.1, 0.15) is 0 Å². The van der Waals surface area contributed by atoms with Crippen molar-refractivity contribution in [1.82, 2.24) is 10.6 Å². The highest BCUT2D eigenvalue weighted by Crippen LogP contribution is 2.30. The van der Waals surface area contributed by atoms with Crippen LogP contribution in [0.2, 0.25) is 0 Å². The number of rotatable bonds is 5. The second-order valence-electron chi connectivity index (χ2n) is 3.73. The fourth-order valence-corrected chi connectivity index (χ4v) is 2.00. The zero-order valence-corrected chi connectivity index (χ0v) is 11.6. The molecule has 0 heterocycles. The first-order valence-electron chi connectivity index (χ1n) is 5.62. The maximum Gasteiger partial charge on any atom is 0.321 e. The predicted octanol–water partition coefficient (Wildman–Crippen LogP) is 2.49. The van der Waals surface area contributed by atoms with Crippen molar-refractivity contribution in [3.05, 3.63) is 41.7 Å². The van der Waals surface area contributed by atoms with E-state index in [2.05, 4.69) is 11.9 Å². The first kappa shape index (κ1) is 18.0. The number of halogens is 5. The second kappa shape index (κ2) is 7.78. The van der Waals surface area contributed by atoms with E-state index < -0.39 is 51.7 Å². The minimum atomic E-state index is -2.28. The molecule has 120 valence electrons. The van der Waals surface area contributed by atoms with Gasteiger partial charge in [-0.25, -0.2) is 26.7 Å². The van der Waals surface area contributed by atoms with Gasteiger partial charge in [-0.3, -0.25) is 10.1 Å². The summed E-state index contributed by atoms with van der Waals surface area (Å²) in [5, 5.41) is 3.99. The topological polar surface area (TPSA) is 58.2 Å². The monoisotopic (exact) mass is 340 g/mol. The molecule has 0 spiro atoms. The highest BCUT2D eigenvalue weighted by molar-refractivity contribution is 8.00. The number of hydrogen-bond donors (Lipinski definition) is 2. The van der Waals surface area contributed by atoms with Crippen molar-refractivity contribution in [2.24, 2.45) is 0 Å². The Morgan fingerprint density at radius 2 is 1.50 bits per heavy atom. The zero-order chi connectivity index (χ0) is 16.9. The summed E-state index contributed by atoms with van der Waals surface area (Å²) in [5.74, 6) is -12.3. The van der Waals surface area contributed by atoms with E-state index in [0.717, 1.165) is 0 Å². The van der Waals surface area contributed by atoms with E-state index >= 15 is 0 Å². The molecule has 22 heavy (non-hydrogen) atoms. The second-order valence-corrected chi connectivity index (χ2v) is 4.72. The number of nitrogens with one attached hydrogen (secondary N) is 2. The van der Waals surface area contributed by atoms with Crippen LogP contribution in [0.25, 0.3) is 0 Å². The molecule has 1 rings (SSSR count). The summed E-state index contributed by atoms with van der Waals surface area (Å²) in [6.07, 6.45) is 1.34. The van der Waals surface area contributed by atoms with Gasteiger partial charge >= 0.3 is 6.03 Å². The molecule has 1 aromatic carbocycles. The third kappa shape index (κ3) is 4.20. The molecule has 0 fully saturated rings. The zero-order valence-electron chi connectivity index (χ0n) is 10.8. The van der Waals surface area contributed by atoms with E-state index in [1.807, 2.05) is 0 Å². The number of urea groups is 1. The lowest BCUT2D eigenvalue weighted by Crippen LogP contribution is -2.40. The molecule has 0 aliphatic heterocycles. The van der Waals surface area contributed by atoms with Gasteiger partial charge in [0.1, 0.15) is 0 Å². The van der Waals surface area contributed by atoms with Gasteiger partial charge in [0, 0.05) is 6.54 Å². The molecule has 0 atom stereocenters. The smallest absolute Gasteiger partial charge is 0.321 e. The van der Waals surface area contributed by atoms with E-state index in [1.54, 1.807) is 5.32 Å². The van der Waals surface area contributed by atoms with Crippen molar-refractivity contribution >= 4 is 23.7 Å². The summed E-state index contributed by atoms with van der Waals surface area (Å²) in [7, 11) is 0. The summed E-state index contributed by atoms with van der Waals surface area (Å²) in [6, 6.07) is -0.886. The van der Waals surface area contributed by atoms with Crippen LogP contribution in [0.5, 0.6) is 0 Å². The van der Waals surface area contributed by atoms with Crippen molar-refractivity contribution in [3.8, 4) is 0 Å². The van der Waals surface area contributed by atoms with Gasteiger partial charge in [-0.2, -0.15) is 0 Å². The first-order valence-corrected chi connectivity index (χ1v) is 6.61. The number of amides is 3. The van der Waals surface area contributed by atoms with Crippen LogP contribution in [-0.2, 0) is 4.79 Å². The molecule has 3 amide bonds. The highest BCUT2D eigenvalue weighted by Gasteiger charge is 2.26. The van der Waals surface area contributed by atoms with Crippen molar-refractivity contribution < 1.29 is 31.5 Å². The molecule has 0 aliphatic carbocycles. The predicted molar refractivity (Wildman–Crippen MR) is 68.7 cm³/mol. The molecule has 0 unspecified atom stereocenters. The minimum absolute atomic E-state index is 0.0733. The van der Waals surface area contributed by atoms with Gasteiger partial charge in [-0.15, -0.1) is 18.3 Å². The number of hydrogen-bond acceptors (Lipinski definition) is 3. The lowest BCUT2D eigenvalue weighted by atomic mass is 10.3. The molecule has 0 aliphatic rings. The SMILES string of the molecule is C=CCNC(=O)NC(=O)CSc1c(F)c(F)c(F)c(F)c1F. The Kier molecular flexibility index (Phi) is 6.35. The molecule has 0 radical (unpaired) electrons. The van der Waals surface area contributed by atoms with Crippen LogP contribution >= 0.6 is 11.8 Å². The number of thioether (sulfide) groups is 1.